The number of aromatic nitrogens is 3. The molecule has 0 saturated carbocycles. The monoisotopic (exact) mass is 529 g/mol. The van der Waals surface area contributed by atoms with Gasteiger partial charge in [0.2, 0.25) is 5.91 Å². The van der Waals surface area contributed by atoms with Crippen LogP contribution in [-0.2, 0) is 11.3 Å². The molecule has 0 bridgehead atoms. The lowest BCUT2D eigenvalue weighted by atomic mass is 10.1. The maximum Gasteiger partial charge on any atom is 0.234 e. The topological polar surface area (TPSA) is 81.1 Å². The van der Waals surface area contributed by atoms with E-state index >= 15 is 0 Å². The molecule has 0 atom stereocenters. The van der Waals surface area contributed by atoms with Gasteiger partial charge in [-0.15, -0.1) is 10.2 Å². The number of para-hydroxylation sites is 1. The Morgan fingerprint density at radius 1 is 0.973 bits per heavy atom. The number of hydrogen-bond donors (Lipinski definition) is 2. The summed E-state index contributed by atoms with van der Waals surface area (Å²) in [5.41, 5.74) is 2.54. The number of hydrogen-bond acceptors (Lipinski definition) is 6. The number of ether oxygens (including phenoxy) is 1. The van der Waals surface area contributed by atoms with E-state index in [1.807, 2.05) is 53.1 Å². The van der Waals surface area contributed by atoms with Crippen LogP contribution in [0.2, 0.25) is 5.02 Å². The molecule has 0 radical (unpaired) electrons. The van der Waals surface area contributed by atoms with Crippen LogP contribution >= 0.6 is 23.4 Å². The Balaban J connectivity index is 1.33. The number of amides is 1. The van der Waals surface area contributed by atoms with Crippen molar-refractivity contribution in [3.8, 4) is 11.4 Å². The van der Waals surface area contributed by atoms with Crippen LogP contribution in [0, 0.1) is 0 Å². The molecule has 1 aromatic heterocycles. The summed E-state index contributed by atoms with van der Waals surface area (Å²) in [6.07, 6.45) is 0. The number of benzene rings is 4. The fourth-order valence-corrected chi connectivity index (χ4v) is 5.00. The van der Waals surface area contributed by atoms with E-state index < -0.39 is 0 Å². The van der Waals surface area contributed by atoms with Crippen molar-refractivity contribution in [2.24, 2.45) is 0 Å². The first-order chi connectivity index (χ1) is 18.1. The number of halogens is 1. The molecular formula is C28H24ClN5O2S. The van der Waals surface area contributed by atoms with Crippen LogP contribution in [0.3, 0.4) is 0 Å². The molecule has 0 aliphatic heterocycles. The highest BCUT2D eigenvalue weighted by molar-refractivity contribution is 7.99. The summed E-state index contributed by atoms with van der Waals surface area (Å²) in [6.45, 7) is 0.465. The Kier molecular flexibility index (Phi) is 7.58. The Hall–Kier alpha value is -4.01. The lowest BCUT2D eigenvalue weighted by molar-refractivity contribution is -0.113. The summed E-state index contributed by atoms with van der Waals surface area (Å²) in [6, 6.07) is 29.4. The summed E-state index contributed by atoms with van der Waals surface area (Å²) < 4.78 is 7.14. The summed E-state index contributed by atoms with van der Waals surface area (Å²) in [7, 11) is 1.55. The highest BCUT2D eigenvalue weighted by Crippen LogP contribution is 2.28. The van der Waals surface area contributed by atoms with Crippen molar-refractivity contribution in [1.82, 2.24) is 14.8 Å². The second kappa shape index (κ2) is 11.4. The summed E-state index contributed by atoms with van der Waals surface area (Å²) in [4.78, 5) is 12.7. The van der Waals surface area contributed by atoms with E-state index in [9.17, 15) is 4.79 Å². The third-order valence-electron chi connectivity index (χ3n) is 5.71. The van der Waals surface area contributed by atoms with Crippen molar-refractivity contribution in [1.29, 1.82) is 0 Å². The fraction of sp³-hybridized carbons (Fsp3) is 0.107. The Labute approximate surface area is 223 Å². The lowest BCUT2D eigenvalue weighted by Crippen LogP contribution is -2.15. The first kappa shape index (κ1) is 24.7. The molecule has 37 heavy (non-hydrogen) atoms. The van der Waals surface area contributed by atoms with Crippen LogP contribution in [0.4, 0.5) is 11.4 Å². The number of carbonyl (C=O) groups is 1. The van der Waals surface area contributed by atoms with Crippen LogP contribution in [0.1, 0.15) is 5.82 Å². The molecule has 2 N–H and O–H groups in total. The molecule has 4 aromatic carbocycles. The molecule has 0 spiro atoms. The van der Waals surface area contributed by atoms with Gasteiger partial charge in [-0.25, -0.2) is 0 Å². The number of carbonyl (C=O) groups excluding carboxylic acids is 1. The summed E-state index contributed by atoms with van der Waals surface area (Å²) >= 11 is 7.49. The lowest BCUT2D eigenvalue weighted by Gasteiger charge is -2.13. The predicted octanol–water partition coefficient (Wildman–Crippen LogP) is 6.43. The van der Waals surface area contributed by atoms with Crippen molar-refractivity contribution in [2.45, 2.75) is 11.7 Å². The minimum atomic E-state index is -0.177. The van der Waals surface area contributed by atoms with E-state index in [4.69, 9.17) is 16.3 Å². The largest absolute Gasteiger partial charge is 0.495 e. The van der Waals surface area contributed by atoms with Gasteiger partial charge in [0, 0.05) is 22.4 Å². The van der Waals surface area contributed by atoms with Crippen molar-refractivity contribution in [2.75, 3.05) is 23.5 Å². The fourth-order valence-electron chi connectivity index (χ4n) is 3.97. The molecule has 5 aromatic rings. The molecule has 1 amide bonds. The number of thioether (sulfide) groups is 1. The summed E-state index contributed by atoms with van der Waals surface area (Å²) in [5.74, 6) is 1.27. The number of nitrogens with zero attached hydrogens (tertiary/aromatic N) is 3. The normalized spacial score (nSPS) is 10.9. The maximum atomic E-state index is 12.7. The quantitative estimate of drug-likeness (QED) is 0.214. The van der Waals surface area contributed by atoms with Gasteiger partial charge in [-0.3, -0.25) is 9.36 Å². The Morgan fingerprint density at radius 3 is 2.57 bits per heavy atom. The van der Waals surface area contributed by atoms with Gasteiger partial charge in [0.25, 0.3) is 0 Å². The molecule has 0 saturated heterocycles. The zero-order valence-electron chi connectivity index (χ0n) is 20.0. The van der Waals surface area contributed by atoms with Gasteiger partial charge in [-0.05, 0) is 41.8 Å². The first-order valence-electron chi connectivity index (χ1n) is 11.6. The summed E-state index contributed by atoms with van der Waals surface area (Å²) in [5, 5.41) is 18.6. The standard InChI is InChI=1S/C28H24ClN5O2S/c1-36-25-15-14-20(16-23(25)29)31-27(35)18-37-28-33-32-26(34(28)21-10-3-2-4-11-21)17-30-24-13-7-9-19-8-5-6-12-22(19)24/h2-16,30H,17-18H2,1H3,(H,31,35). The van der Waals surface area contributed by atoms with E-state index in [0.29, 0.717) is 28.2 Å². The SMILES string of the molecule is COc1ccc(NC(=O)CSc2nnc(CNc3cccc4ccccc34)n2-c2ccccc2)cc1Cl. The number of fused-ring (bicyclic) bond motifs is 1. The minimum Gasteiger partial charge on any atom is -0.495 e. The number of anilines is 2. The van der Waals surface area contributed by atoms with Crippen LogP contribution in [0.5, 0.6) is 5.75 Å². The smallest absolute Gasteiger partial charge is 0.234 e. The molecule has 0 aliphatic carbocycles. The van der Waals surface area contributed by atoms with Gasteiger partial charge < -0.3 is 15.4 Å². The van der Waals surface area contributed by atoms with Crippen LogP contribution in [0.15, 0.2) is 96.2 Å². The average molecular weight is 530 g/mol. The third-order valence-corrected chi connectivity index (χ3v) is 6.93. The molecule has 7 nitrogen and oxygen atoms in total. The first-order valence-corrected chi connectivity index (χ1v) is 13.0. The molecule has 1 heterocycles. The molecule has 0 fully saturated rings. The molecule has 5 rings (SSSR count). The van der Waals surface area contributed by atoms with E-state index in [0.717, 1.165) is 28.0 Å². The van der Waals surface area contributed by atoms with Crippen LogP contribution in [0.25, 0.3) is 16.5 Å². The van der Waals surface area contributed by atoms with Crippen molar-refractivity contribution < 1.29 is 9.53 Å². The number of nitrogens with one attached hydrogen (secondary N) is 2. The van der Waals surface area contributed by atoms with Crippen LogP contribution < -0.4 is 15.4 Å². The highest BCUT2D eigenvalue weighted by atomic mass is 35.5. The minimum absolute atomic E-state index is 0.158. The zero-order chi connectivity index (χ0) is 25.6. The molecule has 0 unspecified atom stereocenters. The number of rotatable bonds is 9. The van der Waals surface area contributed by atoms with Gasteiger partial charge in [-0.2, -0.15) is 0 Å². The second-order valence-corrected chi connectivity index (χ2v) is 9.49. The average Bonchev–Trinajstić information content (AvgIpc) is 3.34. The zero-order valence-corrected chi connectivity index (χ0v) is 21.6. The van der Waals surface area contributed by atoms with Gasteiger partial charge in [0.1, 0.15) is 5.75 Å². The van der Waals surface area contributed by atoms with Crippen molar-refractivity contribution in [3.05, 3.63) is 102 Å². The highest BCUT2D eigenvalue weighted by Gasteiger charge is 2.16. The predicted molar refractivity (Wildman–Crippen MR) is 150 cm³/mol. The van der Waals surface area contributed by atoms with E-state index in [1.165, 1.54) is 11.8 Å². The molecule has 0 aliphatic rings. The third kappa shape index (κ3) is 5.71. The maximum absolute atomic E-state index is 12.7. The number of methoxy groups -OCH3 is 1. The molecule has 186 valence electrons. The van der Waals surface area contributed by atoms with Crippen LogP contribution in [-0.4, -0.2) is 33.5 Å². The molecule has 9 heteroatoms. The molecular weight excluding hydrogens is 506 g/mol. The Bertz CT molecular complexity index is 1540. The van der Waals surface area contributed by atoms with Gasteiger partial charge in [0.05, 0.1) is 24.4 Å². The van der Waals surface area contributed by atoms with E-state index in [-0.39, 0.29) is 11.7 Å². The van der Waals surface area contributed by atoms with E-state index in [1.54, 1.807) is 25.3 Å². The van der Waals surface area contributed by atoms with Gasteiger partial charge in [0.15, 0.2) is 11.0 Å². The second-order valence-electron chi connectivity index (χ2n) is 8.14. The van der Waals surface area contributed by atoms with Crippen molar-refractivity contribution >= 4 is 51.4 Å². The van der Waals surface area contributed by atoms with Gasteiger partial charge >= 0.3 is 0 Å². The van der Waals surface area contributed by atoms with E-state index in [2.05, 4.69) is 45.1 Å². The Morgan fingerprint density at radius 2 is 1.76 bits per heavy atom. The van der Waals surface area contributed by atoms with Gasteiger partial charge in [-0.1, -0.05) is 78.0 Å². The van der Waals surface area contributed by atoms with Crippen molar-refractivity contribution in [3.63, 3.8) is 0 Å².